The standard InChI is InChI=1S/C25H27N5O3S/c31-25(12-10-23-19-29(27-26-23)18-20-5-2-1-3-6-20)28-13-15-30(16-14-28)34(32,33)24-11-9-21-7-4-8-22(21)17-24/h1-3,5-6,9-12,17,19H,4,7-8,13-16,18H2. The van der Waals surface area contributed by atoms with Gasteiger partial charge in [-0.05, 0) is 54.2 Å². The quantitative estimate of drug-likeness (QED) is 0.509. The summed E-state index contributed by atoms with van der Waals surface area (Å²) < 4.78 is 29.4. The van der Waals surface area contributed by atoms with Crippen LogP contribution < -0.4 is 0 Å². The van der Waals surface area contributed by atoms with Gasteiger partial charge < -0.3 is 4.90 Å². The van der Waals surface area contributed by atoms with Crippen LogP contribution in [0.3, 0.4) is 0 Å². The summed E-state index contributed by atoms with van der Waals surface area (Å²) in [5.41, 5.74) is 4.11. The van der Waals surface area contributed by atoms with Gasteiger partial charge in [0.1, 0.15) is 5.69 Å². The van der Waals surface area contributed by atoms with Crippen LogP contribution in [0.4, 0.5) is 0 Å². The average molecular weight is 478 g/mol. The van der Waals surface area contributed by atoms with Gasteiger partial charge in [-0.15, -0.1) is 5.10 Å². The van der Waals surface area contributed by atoms with Crippen molar-refractivity contribution in [3.63, 3.8) is 0 Å². The van der Waals surface area contributed by atoms with Gasteiger partial charge in [0, 0.05) is 32.3 Å². The molecule has 0 N–H and O–H groups in total. The van der Waals surface area contributed by atoms with Crippen LogP contribution in [0.15, 0.2) is 65.7 Å². The van der Waals surface area contributed by atoms with E-state index in [-0.39, 0.29) is 19.0 Å². The minimum atomic E-state index is -3.55. The number of nitrogens with zero attached hydrogens (tertiary/aromatic N) is 5. The second kappa shape index (κ2) is 9.52. The normalized spacial score (nSPS) is 16.8. The monoisotopic (exact) mass is 477 g/mol. The van der Waals surface area contributed by atoms with E-state index in [0.29, 0.717) is 30.2 Å². The van der Waals surface area contributed by atoms with Gasteiger partial charge in [0.25, 0.3) is 0 Å². The molecule has 9 heteroatoms. The van der Waals surface area contributed by atoms with E-state index in [1.807, 2.05) is 42.5 Å². The highest BCUT2D eigenvalue weighted by Gasteiger charge is 2.30. The molecule has 1 aliphatic carbocycles. The number of amides is 1. The van der Waals surface area contributed by atoms with Crippen molar-refractivity contribution < 1.29 is 13.2 Å². The number of fused-ring (bicyclic) bond motifs is 1. The summed E-state index contributed by atoms with van der Waals surface area (Å²) in [6, 6.07) is 15.4. The Labute approximate surface area is 199 Å². The molecule has 2 aliphatic rings. The molecular formula is C25H27N5O3S. The first-order chi connectivity index (χ1) is 16.5. The van der Waals surface area contributed by atoms with Crippen molar-refractivity contribution in [3.8, 4) is 0 Å². The molecule has 1 aromatic heterocycles. The minimum Gasteiger partial charge on any atom is -0.337 e. The SMILES string of the molecule is O=C(C=Cc1cn(Cc2ccccc2)nn1)N1CCN(S(=O)(=O)c2ccc3c(c2)CCC3)CC1. The Kier molecular flexibility index (Phi) is 6.30. The van der Waals surface area contributed by atoms with Crippen LogP contribution >= 0.6 is 0 Å². The highest BCUT2D eigenvalue weighted by Crippen LogP contribution is 2.26. The molecule has 8 nitrogen and oxygen atoms in total. The van der Waals surface area contributed by atoms with E-state index in [9.17, 15) is 13.2 Å². The third-order valence-electron chi connectivity index (χ3n) is 6.40. The number of carbonyl (C=O) groups excluding carboxylic acids is 1. The van der Waals surface area contributed by atoms with Crippen molar-refractivity contribution >= 4 is 22.0 Å². The number of aryl methyl sites for hydroxylation is 2. The molecule has 1 fully saturated rings. The first-order valence-electron chi connectivity index (χ1n) is 11.5. The fourth-order valence-corrected chi connectivity index (χ4v) is 5.98. The van der Waals surface area contributed by atoms with Gasteiger partial charge in [0.2, 0.25) is 15.9 Å². The Morgan fingerprint density at radius 2 is 1.74 bits per heavy atom. The molecule has 0 saturated carbocycles. The van der Waals surface area contributed by atoms with Crippen LogP contribution in [0.25, 0.3) is 6.08 Å². The Hall–Kier alpha value is -3.30. The maximum atomic E-state index is 13.1. The molecule has 0 unspecified atom stereocenters. The highest BCUT2D eigenvalue weighted by molar-refractivity contribution is 7.89. The van der Waals surface area contributed by atoms with E-state index in [2.05, 4.69) is 10.3 Å². The molecule has 34 heavy (non-hydrogen) atoms. The third-order valence-corrected chi connectivity index (χ3v) is 8.29. The number of piperazine rings is 1. The Morgan fingerprint density at radius 1 is 0.971 bits per heavy atom. The summed E-state index contributed by atoms with van der Waals surface area (Å²) in [7, 11) is -3.55. The van der Waals surface area contributed by atoms with E-state index in [0.717, 1.165) is 30.4 Å². The van der Waals surface area contributed by atoms with E-state index in [1.54, 1.807) is 27.9 Å². The van der Waals surface area contributed by atoms with Crippen molar-refractivity contribution in [3.05, 3.63) is 83.2 Å². The lowest BCUT2D eigenvalue weighted by molar-refractivity contribution is -0.127. The predicted octanol–water partition coefficient (Wildman–Crippen LogP) is 2.36. The van der Waals surface area contributed by atoms with Crippen molar-refractivity contribution in [1.29, 1.82) is 0 Å². The molecule has 3 aromatic rings. The van der Waals surface area contributed by atoms with Crippen LogP contribution in [-0.4, -0.2) is 64.7 Å². The number of rotatable bonds is 6. The lowest BCUT2D eigenvalue weighted by atomic mass is 10.1. The highest BCUT2D eigenvalue weighted by atomic mass is 32.2. The zero-order valence-electron chi connectivity index (χ0n) is 18.9. The zero-order chi connectivity index (χ0) is 23.5. The number of benzene rings is 2. The molecule has 1 saturated heterocycles. The average Bonchev–Trinajstić information content (AvgIpc) is 3.52. The third kappa shape index (κ3) is 4.80. The molecule has 2 aromatic carbocycles. The van der Waals surface area contributed by atoms with E-state index in [1.165, 1.54) is 15.9 Å². The number of hydrogen-bond acceptors (Lipinski definition) is 5. The topological polar surface area (TPSA) is 88.4 Å². The molecule has 2 heterocycles. The van der Waals surface area contributed by atoms with Gasteiger partial charge in [0.05, 0.1) is 17.6 Å². The summed E-state index contributed by atoms with van der Waals surface area (Å²) in [6.07, 6.45) is 7.95. The molecule has 5 rings (SSSR count). The zero-order valence-corrected chi connectivity index (χ0v) is 19.7. The minimum absolute atomic E-state index is 0.160. The summed E-state index contributed by atoms with van der Waals surface area (Å²) in [4.78, 5) is 14.7. The summed E-state index contributed by atoms with van der Waals surface area (Å²) in [5, 5.41) is 8.21. The van der Waals surface area contributed by atoms with Crippen LogP contribution in [0.1, 0.15) is 28.8 Å². The maximum Gasteiger partial charge on any atom is 0.246 e. The van der Waals surface area contributed by atoms with E-state index in [4.69, 9.17) is 0 Å². The van der Waals surface area contributed by atoms with Gasteiger partial charge in [-0.3, -0.25) is 4.79 Å². The fraction of sp³-hybridized carbons (Fsp3) is 0.320. The molecule has 0 spiro atoms. The number of sulfonamides is 1. The van der Waals surface area contributed by atoms with Crippen LogP contribution in [0, 0.1) is 0 Å². The smallest absolute Gasteiger partial charge is 0.246 e. The lowest BCUT2D eigenvalue weighted by Gasteiger charge is -2.33. The molecule has 0 bridgehead atoms. The molecule has 0 atom stereocenters. The van der Waals surface area contributed by atoms with Gasteiger partial charge in [-0.2, -0.15) is 4.31 Å². The van der Waals surface area contributed by atoms with Gasteiger partial charge in [-0.25, -0.2) is 13.1 Å². The molecule has 1 amide bonds. The molecule has 176 valence electrons. The van der Waals surface area contributed by atoms with Gasteiger partial charge >= 0.3 is 0 Å². The van der Waals surface area contributed by atoms with Crippen LogP contribution in [0.5, 0.6) is 0 Å². The molecule has 1 aliphatic heterocycles. The lowest BCUT2D eigenvalue weighted by Crippen LogP contribution is -2.50. The van der Waals surface area contributed by atoms with Crippen molar-refractivity contribution in [2.75, 3.05) is 26.2 Å². The number of aromatic nitrogens is 3. The van der Waals surface area contributed by atoms with Crippen molar-refractivity contribution in [2.24, 2.45) is 0 Å². The van der Waals surface area contributed by atoms with Gasteiger partial charge in [0.15, 0.2) is 0 Å². The van der Waals surface area contributed by atoms with Gasteiger partial charge in [-0.1, -0.05) is 41.6 Å². The Balaban J connectivity index is 1.16. The molecule has 0 radical (unpaired) electrons. The number of hydrogen-bond donors (Lipinski definition) is 0. The first-order valence-corrected chi connectivity index (χ1v) is 13.0. The maximum absolute atomic E-state index is 13.1. The fourth-order valence-electron chi connectivity index (χ4n) is 4.51. The van der Waals surface area contributed by atoms with Crippen molar-refractivity contribution in [2.45, 2.75) is 30.7 Å². The molecular weight excluding hydrogens is 450 g/mol. The van der Waals surface area contributed by atoms with Crippen LogP contribution in [0.2, 0.25) is 0 Å². The second-order valence-corrected chi connectivity index (χ2v) is 10.6. The summed E-state index contributed by atoms with van der Waals surface area (Å²) in [5.74, 6) is -0.160. The number of carbonyl (C=O) groups is 1. The van der Waals surface area contributed by atoms with E-state index >= 15 is 0 Å². The second-order valence-electron chi connectivity index (χ2n) is 8.67. The Bertz CT molecular complexity index is 1310. The van der Waals surface area contributed by atoms with Crippen LogP contribution in [-0.2, 0) is 34.2 Å². The summed E-state index contributed by atoms with van der Waals surface area (Å²) >= 11 is 0. The largest absolute Gasteiger partial charge is 0.337 e. The van der Waals surface area contributed by atoms with Crippen molar-refractivity contribution in [1.82, 2.24) is 24.2 Å². The predicted molar refractivity (Wildman–Crippen MR) is 128 cm³/mol. The first kappa shape index (κ1) is 22.5. The Morgan fingerprint density at radius 3 is 2.53 bits per heavy atom. The van der Waals surface area contributed by atoms with E-state index < -0.39 is 10.0 Å². The summed E-state index contributed by atoms with van der Waals surface area (Å²) in [6.45, 7) is 1.89.